The first kappa shape index (κ1) is 9.03. The van der Waals surface area contributed by atoms with E-state index in [1.54, 1.807) is 0 Å². The van der Waals surface area contributed by atoms with Crippen LogP contribution in [0, 0.1) is 0 Å². The summed E-state index contributed by atoms with van der Waals surface area (Å²) in [5.74, 6) is -0.305. The Labute approximate surface area is 91.9 Å². The molecule has 1 aromatic carbocycles. The predicted molar refractivity (Wildman–Crippen MR) is 61.1 cm³/mol. The van der Waals surface area contributed by atoms with Gasteiger partial charge in [-0.3, -0.25) is 4.79 Å². The fourth-order valence-electron chi connectivity index (χ4n) is 2.14. The lowest BCUT2D eigenvalue weighted by Gasteiger charge is -2.06. The molecule has 0 saturated carbocycles. The minimum Gasteiger partial charge on any atom is -0.339 e. The molecule has 2 heterocycles. The Morgan fingerprint density at radius 1 is 1.25 bits per heavy atom. The highest BCUT2D eigenvalue weighted by Gasteiger charge is 2.25. The first-order valence-electron chi connectivity index (χ1n) is 4.93. The van der Waals surface area contributed by atoms with E-state index in [1.807, 2.05) is 35.9 Å². The summed E-state index contributed by atoms with van der Waals surface area (Å²) < 4.78 is 1.84. The van der Waals surface area contributed by atoms with Crippen molar-refractivity contribution in [2.75, 3.05) is 0 Å². The molecular weight excluding hydrogens is 202 g/mol. The Kier molecular flexibility index (Phi) is 1.63. The summed E-state index contributed by atoms with van der Waals surface area (Å²) in [5, 5.41) is 8.35. The Bertz CT molecular complexity index is 664. The number of para-hydroxylation sites is 1. The second-order valence-corrected chi connectivity index (χ2v) is 3.75. The fourth-order valence-corrected chi connectivity index (χ4v) is 2.14. The summed E-state index contributed by atoms with van der Waals surface area (Å²) in [7, 11) is 1.85. The van der Waals surface area contributed by atoms with Gasteiger partial charge in [0.05, 0.1) is 5.70 Å². The minimum atomic E-state index is -0.305. The molecule has 0 spiro atoms. The van der Waals surface area contributed by atoms with E-state index in [2.05, 4.69) is 16.8 Å². The van der Waals surface area contributed by atoms with Crippen LogP contribution in [0.25, 0.3) is 16.6 Å². The molecule has 0 atom stereocenters. The average Bonchev–Trinajstić information content (AvgIpc) is 2.60. The lowest BCUT2D eigenvalue weighted by Crippen LogP contribution is -2.08. The van der Waals surface area contributed by atoms with E-state index >= 15 is 0 Å². The second kappa shape index (κ2) is 2.88. The molecule has 1 aliphatic heterocycles. The van der Waals surface area contributed by atoms with Gasteiger partial charge in [0.15, 0.2) is 0 Å². The van der Waals surface area contributed by atoms with E-state index in [1.165, 1.54) is 0 Å². The molecule has 3 rings (SSSR count). The lowest BCUT2D eigenvalue weighted by molar-refractivity contribution is 0.0985. The Hall–Kier alpha value is -2.23. The molecule has 1 aliphatic rings. The fraction of sp³-hybridized carbons (Fsp3) is 0.0833. The van der Waals surface area contributed by atoms with Gasteiger partial charge in [-0.15, -0.1) is 10.2 Å². The molecule has 16 heavy (non-hydrogen) atoms. The molecule has 78 valence electrons. The molecule has 2 aromatic rings. The minimum absolute atomic E-state index is 0.305. The zero-order valence-electron chi connectivity index (χ0n) is 8.77. The van der Waals surface area contributed by atoms with Crippen molar-refractivity contribution in [1.29, 1.82) is 0 Å². The number of carbonyl (C=O) groups is 1. The topological polar surface area (TPSA) is 46.7 Å². The monoisotopic (exact) mass is 211 g/mol. The van der Waals surface area contributed by atoms with Crippen molar-refractivity contribution in [3.05, 3.63) is 42.1 Å². The molecule has 0 aliphatic carbocycles. The van der Waals surface area contributed by atoms with Gasteiger partial charge in [-0.2, -0.15) is 0 Å². The van der Waals surface area contributed by atoms with Crippen LogP contribution in [-0.4, -0.2) is 10.5 Å². The highest BCUT2D eigenvalue weighted by molar-refractivity contribution is 6.08. The molecule has 0 unspecified atom stereocenters. The summed E-state index contributed by atoms with van der Waals surface area (Å²) in [6, 6.07) is 7.81. The molecule has 0 saturated heterocycles. The molecule has 0 bridgehead atoms. The number of aryl methyl sites for hydroxylation is 1. The van der Waals surface area contributed by atoms with Gasteiger partial charge in [-0.05, 0) is 6.07 Å². The van der Waals surface area contributed by atoms with Crippen LogP contribution in [0.2, 0.25) is 0 Å². The van der Waals surface area contributed by atoms with Crippen LogP contribution < -0.4 is 0 Å². The number of rotatable bonds is 0. The van der Waals surface area contributed by atoms with Crippen LogP contribution in [-0.2, 0) is 7.05 Å². The van der Waals surface area contributed by atoms with Crippen LogP contribution in [0.5, 0.6) is 0 Å². The predicted octanol–water partition coefficient (Wildman–Crippen LogP) is 2.76. The summed E-state index contributed by atoms with van der Waals surface area (Å²) in [6.45, 7) is 3.83. The van der Waals surface area contributed by atoms with E-state index in [9.17, 15) is 4.79 Å². The normalized spacial score (nSPS) is 14.6. The Balaban J connectivity index is 2.54. The van der Waals surface area contributed by atoms with Crippen molar-refractivity contribution in [2.45, 2.75) is 0 Å². The van der Waals surface area contributed by atoms with Gasteiger partial charge in [0.2, 0.25) is 0 Å². The molecule has 4 nitrogen and oxygen atoms in total. The molecule has 0 fully saturated rings. The maximum absolute atomic E-state index is 11.7. The third kappa shape index (κ3) is 0.957. The molecule has 1 amide bonds. The zero-order valence-corrected chi connectivity index (χ0v) is 8.77. The number of fused-ring (bicyclic) bond motifs is 3. The van der Waals surface area contributed by atoms with E-state index in [0.29, 0.717) is 11.4 Å². The summed E-state index contributed by atoms with van der Waals surface area (Å²) in [5.41, 5.74) is 2.92. The number of nitrogens with zero attached hydrogens (tertiary/aromatic N) is 3. The maximum Gasteiger partial charge on any atom is 0.312 e. The quantitative estimate of drug-likeness (QED) is 0.660. The van der Waals surface area contributed by atoms with Crippen LogP contribution >= 0.6 is 0 Å². The van der Waals surface area contributed by atoms with E-state index < -0.39 is 0 Å². The summed E-state index contributed by atoms with van der Waals surface area (Å²) in [6.07, 6.45) is 0. The van der Waals surface area contributed by atoms with Gasteiger partial charge in [0.25, 0.3) is 0 Å². The summed E-state index contributed by atoms with van der Waals surface area (Å²) >= 11 is 0. The number of hydrogen-bond donors (Lipinski definition) is 0. The van der Waals surface area contributed by atoms with Gasteiger partial charge < -0.3 is 4.57 Å². The Morgan fingerprint density at radius 3 is 2.81 bits per heavy atom. The number of amides is 1. The van der Waals surface area contributed by atoms with Gasteiger partial charge in [-0.1, -0.05) is 24.8 Å². The van der Waals surface area contributed by atoms with Crippen molar-refractivity contribution in [3.8, 4) is 0 Å². The first-order valence-corrected chi connectivity index (χ1v) is 4.93. The lowest BCUT2D eigenvalue weighted by atomic mass is 10.1. The smallest absolute Gasteiger partial charge is 0.312 e. The van der Waals surface area contributed by atoms with Crippen molar-refractivity contribution >= 4 is 22.5 Å². The Morgan fingerprint density at radius 2 is 2.00 bits per heavy atom. The first-order chi connectivity index (χ1) is 7.70. The van der Waals surface area contributed by atoms with Gasteiger partial charge >= 0.3 is 5.91 Å². The maximum atomic E-state index is 11.7. The molecule has 4 heteroatoms. The van der Waals surface area contributed by atoms with Gasteiger partial charge in [0, 0.05) is 23.5 Å². The largest absolute Gasteiger partial charge is 0.339 e. The average molecular weight is 211 g/mol. The van der Waals surface area contributed by atoms with Crippen LogP contribution in [0.3, 0.4) is 0 Å². The second-order valence-electron chi connectivity index (χ2n) is 3.75. The SMILES string of the molecule is C=C1N=NC(=O)c2c1c1ccccc1n2C. The van der Waals surface area contributed by atoms with Crippen molar-refractivity contribution < 1.29 is 4.79 Å². The van der Waals surface area contributed by atoms with Crippen LogP contribution in [0.1, 0.15) is 16.1 Å². The molecule has 0 N–H and O–H groups in total. The number of carbonyl (C=O) groups excluding carboxylic acids is 1. The molecule has 1 aromatic heterocycles. The van der Waals surface area contributed by atoms with Crippen molar-refractivity contribution in [3.63, 3.8) is 0 Å². The van der Waals surface area contributed by atoms with Crippen molar-refractivity contribution in [2.24, 2.45) is 17.3 Å². The van der Waals surface area contributed by atoms with Crippen LogP contribution in [0.4, 0.5) is 0 Å². The van der Waals surface area contributed by atoms with E-state index in [-0.39, 0.29) is 5.91 Å². The third-order valence-corrected chi connectivity index (χ3v) is 2.86. The number of benzene rings is 1. The highest BCUT2D eigenvalue weighted by atomic mass is 16.2. The number of aromatic nitrogens is 1. The standard InChI is InChI=1S/C12H9N3O/c1-7-10-8-5-3-4-6-9(8)15(2)11(10)12(16)14-13-7/h3-6H,1H2,2H3. The van der Waals surface area contributed by atoms with Crippen molar-refractivity contribution in [1.82, 2.24) is 4.57 Å². The highest BCUT2D eigenvalue weighted by Crippen LogP contribution is 2.34. The van der Waals surface area contributed by atoms with Gasteiger partial charge in [0.1, 0.15) is 5.69 Å². The molecule has 0 radical (unpaired) electrons. The zero-order chi connectivity index (χ0) is 11.3. The summed E-state index contributed by atoms with van der Waals surface area (Å²) in [4.78, 5) is 11.7. The van der Waals surface area contributed by atoms with E-state index in [4.69, 9.17) is 0 Å². The molecular formula is C12H9N3O. The number of hydrogen-bond acceptors (Lipinski definition) is 2. The van der Waals surface area contributed by atoms with E-state index in [0.717, 1.165) is 16.5 Å². The van der Waals surface area contributed by atoms with Crippen LogP contribution in [0.15, 0.2) is 41.1 Å². The number of azo groups is 1. The third-order valence-electron chi connectivity index (χ3n) is 2.86. The van der Waals surface area contributed by atoms with Gasteiger partial charge in [-0.25, -0.2) is 0 Å².